The van der Waals surface area contributed by atoms with Crippen molar-refractivity contribution < 1.29 is 9.90 Å². The molecule has 1 rings (SSSR count). The Bertz CT molecular complexity index is 446. The number of rotatable bonds is 4. The Labute approximate surface area is 116 Å². The summed E-state index contributed by atoms with van der Waals surface area (Å²) in [5.41, 5.74) is -0.801. The molecule has 1 heterocycles. The monoisotopic (exact) mass is 291 g/mol. The second kappa shape index (κ2) is 5.82. The van der Waals surface area contributed by atoms with Crippen LogP contribution in [0.5, 0.6) is 0 Å². The lowest BCUT2D eigenvalue weighted by molar-refractivity contribution is 0.0314. The van der Waals surface area contributed by atoms with Gasteiger partial charge in [-0.15, -0.1) is 10.2 Å². The number of hydrogen-bond donors (Lipinski definition) is 1. The Morgan fingerprint density at radius 3 is 2.56 bits per heavy atom. The molecule has 0 aliphatic rings. The summed E-state index contributed by atoms with van der Waals surface area (Å²) in [4.78, 5) is 13.7. The van der Waals surface area contributed by atoms with Crippen LogP contribution >= 0.6 is 23.2 Å². The minimum Gasteiger partial charge on any atom is -0.389 e. The third kappa shape index (κ3) is 4.08. The van der Waals surface area contributed by atoms with Crippen molar-refractivity contribution in [2.24, 2.45) is 0 Å². The standard InChI is InChI=1S/C11H15Cl2N3O2/c1-4-16(6-11(2,3)18)10(17)7-5-8(12)14-15-9(7)13/h5,18H,4,6H2,1-3H3. The maximum absolute atomic E-state index is 12.2. The predicted molar refractivity (Wildman–Crippen MR) is 69.9 cm³/mol. The fraction of sp³-hybridized carbons (Fsp3) is 0.545. The van der Waals surface area contributed by atoms with E-state index in [1.807, 2.05) is 6.92 Å². The molecule has 0 saturated carbocycles. The van der Waals surface area contributed by atoms with E-state index in [-0.39, 0.29) is 28.3 Å². The number of amides is 1. The summed E-state index contributed by atoms with van der Waals surface area (Å²) in [5.74, 6) is -0.332. The molecule has 18 heavy (non-hydrogen) atoms. The van der Waals surface area contributed by atoms with Gasteiger partial charge in [-0.2, -0.15) is 0 Å². The van der Waals surface area contributed by atoms with Gasteiger partial charge in [0.1, 0.15) is 0 Å². The van der Waals surface area contributed by atoms with Crippen LogP contribution in [0.4, 0.5) is 0 Å². The van der Waals surface area contributed by atoms with E-state index < -0.39 is 5.60 Å². The second-order valence-corrected chi connectivity index (χ2v) is 5.25. The molecule has 0 aliphatic carbocycles. The van der Waals surface area contributed by atoms with E-state index in [9.17, 15) is 9.90 Å². The van der Waals surface area contributed by atoms with E-state index in [2.05, 4.69) is 10.2 Å². The second-order valence-electron chi connectivity index (χ2n) is 4.50. The largest absolute Gasteiger partial charge is 0.389 e. The van der Waals surface area contributed by atoms with Crippen LogP contribution in [0.1, 0.15) is 31.1 Å². The number of likely N-dealkylation sites (N-methyl/N-ethyl adjacent to an activating group) is 1. The zero-order valence-electron chi connectivity index (χ0n) is 10.4. The Balaban J connectivity index is 3.00. The Morgan fingerprint density at radius 2 is 2.06 bits per heavy atom. The van der Waals surface area contributed by atoms with Crippen molar-refractivity contribution in [2.45, 2.75) is 26.4 Å². The molecule has 0 bridgehead atoms. The van der Waals surface area contributed by atoms with Crippen molar-refractivity contribution >= 4 is 29.1 Å². The highest BCUT2D eigenvalue weighted by Gasteiger charge is 2.24. The fourth-order valence-corrected chi connectivity index (χ4v) is 1.79. The molecule has 1 amide bonds. The molecular weight excluding hydrogens is 277 g/mol. The molecule has 1 aromatic heterocycles. The van der Waals surface area contributed by atoms with Gasteiger partial charge in [-0.05, 0) is 26.8 Å². The summed E-state index contributed by atoms with van der Waals surface area (Å²) in [6.07, 6.45) is 0. The van der Waals surface area contributed by atoms with E-state index in [4.69, 9.17) is 23.2 Å². The summed E-state index contributed by atoms with van der Waals surface area (Å²) < 4.78 is 0. The van der Waals surface area contributed by atoms with Gasteiger partial charge in [0.15, 0.2) is 10.3 Å². The van der Waals surface area contributed by atoms with E-state index in [1.54, 1.807) is 13.8 Å². The lowest BCUT2D eigenvalue weighted by atomic mass is 10.1. The van der Waals surface area contributed by atoms with Crippen LogP contribution in [0.25, 0.3) is 0 Å². The minimum absolute atomic E-state index is 0.00130. The molecule has 0 aliphatic heterocycles. The van der Waals surface area contributed by atoms with E-state index >= 15 is 0 Å². The first-order valence-corrected chi connectivity index (χ1v) is 6.20. The minimum atomic E-state index is -0.984. The molecule has 0 atom stereocenters. The molecule has 1 N–H and O–H groups in total. The molecular formula is C11H15Cl2N3O2. The topological polar surface area (TPSA) is 66.3 Å². The number of nitrogens with zero attached hydrogens (tertiary/aromatic N) is 3. The maximum atomic E-state index is 12.2. The average molecular weight is 292 g/mol. The Hall–Kier alpha value is -0.910. The number of aliphatic hydroxyl groups is 1. The van der Waals surface area contributed by atoms with E-state index in [0.29, 0.717) is 6.54 Å². The van der Waals surface area contributed by atoms with Gasteiger partial charge < -0.3 is 10.0 Å². The zero-order valence-corrected chi connectivity index (χ0v) is 12.0. The van der Waals surface area contributed by atoms with Gasteiger partial charge >= 0.3 is 0 Å². The molecule has 0 aromatic carbocycles. The first-order chi connectivity index (χ1) is 8.24. The van der Waals surface area contributed by atoms with Gasteiger partial charge in [0, 0.05) is 13.1 Å². The highest BCUT2D eigenvalue weighted by atomic mass is 35.5. The van der Waals surface area contributed by atoms with Gasteiger partial charge in [0.2, 0.25) is 0 Å². The van der Waals surface area contributed by atoms with Crippen molar-refractivity contribution in [1.82, 2.24) is 15.1 Å². The maximum Gasteiger partial charge on any atom is 0.257 e. The lowest BCUT2D eigenvalue weighted by Crippen LogP contribution is -2.42. The fourth-order valence-electron chi connectivity index (χ4n) is 1.47. The number of carbonyl (C=O) groups excluding carboxylic acids is 1. The molecule has 0 unspecified atom stereocenters. The molecule has 1 aromatic rings. The number of carbonyl (C=O) groups is 1. The third-order valence-corrected chi connectivity index (χ3v) is 2.66. The first-order valence-electron chi connectivity index (χ1n) is 5.45. The quantitative estimate of drug-likeness (QED) is 0.922. The van der Waals surface area contributed by atoms with Crippen LogP contribution in [0.15, 0.2) is 6.07 Å². The Kier molecular flexibility index (Phi) is 4.90. The van der Waals surface area contributed by atoms with Gasteiger partial charge in [0.25, 0.3) is 5.91 Å². The van der Waals surface area contributed by atoms with Crippen molar-refractivity contribution in [3.63, 3.8) is 0 Å². The van der Waals surface area contributed by atoms with Crippen LogP contribution in [0.2, 0.25) is 10.3 Å². The predicted octanol–water partition coefficient (Wildman–Crippen LogP) is 2.02. The summed E-state index contributed by atoms with van der Waals surface area (Å²) in [7, 11) is 0. The highest BCUT2D eigenvalue weighted by Crippen LogP contribution is 2.18. The summed E-state index contributed by atoms with van der Waals surface area (Å²) in [6, 6.07) is 1.37. The van der Waals surface area contributed by atoms with Gasteiger partial charge in [-0.3, -0.25) is 4.79 Å². The molecule has 0 saturated heterocycles. The summed E-state index contributed by atoms with van der Waals surface area (Å²) in [5, 5.41) is 17.0. The van der Waals surface area contributed by atoms with Crippen LogP contribution in [0.3, 0.4) is 0 Å². The lowest BCUT2D eigenvalue weighted by Gasteiger charge is -2.28. The van der Waals surface area contributed by atoms with E-state index in [0.717, 1.165) is 0 Å². The number of aromatic nitrogens is 2. The van der Waals surface area contributed by atoms with Gasteiger partial charge in [-0.1, -0.05) is 23.2 Å². The van der Waals surface area contributed by atoms with Crippen molar-refractivity contribution in [3.05, 3.63) is 21.9 Å². The third-order valence-electron chi connectivity index (χ3n) is 2.20. The van der Waals surface area contributed by atoms with Crippen LogP contribution in [0, 0.1) is 0 Å². The van der Waals surface area contributed by atoms with Crippen molar-refractivity contribution in [2.75, 3.05) is 13.1 Å². The summed E-state index contributed by atoms with van der Waals surface area (Å²) in [6.45, 7) is 5.70. The van der Waals surface area contributed by atoms with E-state index in [1.165, 1.54) is 11.0 Å². The first kappa shape index (κ1) is 15.1. The average Bonchev–Trinajstić information content (AvgIpc) is 2.27. The normalized spacial score (nSPS) is 11.4. The molecule has 5 nitrogen and oxygen atoms in total. The smallest absolute Gasteiger partial charge is 0.257 e. The van der Waals surface area contributed by atoms with Crippen molar-refractivity contribution in [3.8, 4) is 0 Å². The highest BCUT2D eigenvalue weighted by molar-refractivity contribution is 6.34. The van der Waals surface area contributed by atoms with Crippen LogP contribution in [-0.4, -0.2) is 44.8 Å². The molecule has 0 fully saturated rings. The number of halogens is 2. The molecule has 7 heteroatoms. The van der Waals surface area contributed by atoms with Crippen LogP contribution < -0.4 is 0 Å². The Morgan fingerprint density at radius 1 is 1.44 bits per heavy atom. The zero-order chi connectivity index (χ0) is 13.9. The van der Waals surface area contributed by atoms with Gasteiger partial charge in [-0.25, -0.2) is 0 Å². The number of hydrogen-bond acceptors (Lipinski definition) is 4. The molecule has 0 radical (unpaired) electrons. The van der Waals surface area contributed by atoms with Crippen LogP contribution in [-0.2, 0) is 0 Å². The molecule has 100 valence electrons. The van der Waals surface area contributed by atoms with Gasteiger partial charge in [0.05, 0.1) is 11.2 Å². The SMILES string of the molecule is CCN(CC(C)(C)O)C(=O)c1cc(Cl)nnc1Cl. The summed E-state index contributed by atoms with van der Waals surface area (Å²) >= 11 is 11.5. The molecule has 0 spiro atoms. The van der Waals surface area contributed by atoms with Crippen molar-refractivity contribution in [1.29, 1.82) is 0 Å².